The molecule has 2 heterocycles. The van der Waals surface area contributed by atoms with Gasteiger partial charge in [-0.1, -0.05) is 12.2 Å². The van der Waals surface area contributed by atoms with Crippen molar-refractivity contribution in [1.82, 2.24) is 10.2 Å². The van der Waals surface area contributed by atoms with Gasteiger partial charge >= 0.3 is 5.97 Å². The molecule has 6 heteroatoms. The van der Waals surface area contributed by atoms with Gasteiger partial charge in [-0.25, -0.2) is 4.79 Å². The second-order valence-electron chi connectivity index (χ2n) is 3.45. The summed E-state index contributed by atoms with van der Waals surface area (Å²) in [6, 6.07) is 1.78. The predicted octanol–water partition coefficient (Wildman–Crippen LogP) is 2.96. The summed E-state index contributed by atoms with van der Waals surface area (Å²) in [7, 11) is 1.37. The van der Waals surface area contributed by atoms with Crippen LogP contribution in [0, 0.1) is 11.6 Å². The second kappa shape index (κ2) is 4.77. The Hall–Kier alpha value is -1.53. The maximum Gasteiger partial charge on any atom is 0.348 e. The van der Waals surface area contributed by atoms with E-state index in [9.17, 15) is 4.79 Å². The van der Waals surface area contributed by atoms with Gasteiger partial charge in [-0.2, -0.15) is 5.10 Å². The van der Waals surface area contributed by atoms with E-state index in [1.807, 2.05) is 12.3 Å². The van der Waals surface area contributed by atoms with Crippen molar-refractivity contribution in [3.05, 3.63) is 32.7 Å². The van der Waals surface area contributed by atoms with Gasteiger partial charge in [0.15, 0.2) is 0 Å². The first-order valence-corrected chi connectivity index (χ1v) is 6.13. The van der Waals surface area contributed by atoms with E-state index in [0.29, 0.717) is 9.52 Å². The first kappa shape index (κ1) is 11.9. The Labute approximate surface area is 107 Å². The van der Waals surface area contributed by atoms with Crippen molar-refractivity contribution in [2.24, 2.45) is 0 Å². The average molecular weight is 266 g/mol. The largest absolute Gasteiger partial charge is 0.465 e. The zero-order valence-electron chi connectivity index (χ0n) is 9.31. The molecule has 2 aromatic rings. The van der Waals surface area contributed by atoms with E-state index in [2.05, 4.69) is 10.2 Å². The molecule has 0 atom stereocenters. The lowest BCUT2D eigenvalue weighted by molar-refractivity contribution is 0.0607. The van der Waals surface area contributed by atoms with Crippen molar-refractivity contribution in [1.29, 1.82) is 0 Å². The lowest BCUT2D eigenvalue weighted by Gasteiger charge is -2.03. The number of nitrogens with one attached hydrogen (secondary N) is 1. The van der Waals surface area contributed by atoms with Gasteiger partial charge in [-0.3, -0.25) is 5.10 Å². The average Bonchev–Trinajstić information content (AvgIpc) is 2.70. The number of aromatic amines is 1. The lowest BCUT2D eigenvalue weighted by Crippen LogP contribution is -2.00. The summed E-state index contributed by atoms with van der Waals surface area (Å²) in [6.07, 6.45) is 1.65. The first-order valence-electron chi connectivity index (χ1n) is 4.85. The highest BCUT2D eigenvalue weighted by Crippen LogP contribution is 2.32. The van der Waals surface area contributed by atoms with Crippen LogP contribution >= 0.6 is 23.6 Å². The van der Waals surface area contributed by atoms with Gasteiger partial charge in [0.05, 0.1) is 13.3 Å². The number of H-pyrrole nitrogens is 1. The van der Waals surface area contributed by atoms with Crippen LogP contribution in [-0.2, 0) is 4.74 Å². The Balaban J connectivity index is 2.62. The molecule has 0 amide bonds. The van der Waals surface area contributed by atoms with Crippen molar-refractivity contribution in [3.63, 3.8) is 0 Å². The van der Waals surface area contributed by atoms with Crippen molar-refractivity contribution >= 4 is 29.5 Å². The zero-order valence-corrected chi connectivity index (χ0v) is 10.9. The van der Waals surface area contributed by atoms with Crippen LogP contribution in [0.1, 0.15) is 15.2 Å². The first-order chi connectivity index (χ1) is 8.13. The Morgan fingerprint density at radius 1 is 1.59 bits per heavy atom. The molecule has 2 rings (SSSR count). The van der Waals surface area contributed by atoms with Crippen molar-refractivity contribution in [2.45, 2.75) is 6.92 Å². The zero-order chi connectivity index (χ0) is 12.4. The van der Waals surface area contributed by atoms with Crippen LogP contribution in [0.4, 0.5) is 0 Å². The minimum atomic E-state index is -0.336. The second-order valence-corrected chi connectivity index (χ2v) is 4.77. The van der Waals surface area contributed by atoms with E-state index >= 15 is 0 Å². The molecule has 0 aliphatic heterocycles. The number of carbonyl (C=O) groups is 1. The highest BCUT2D eigenvalue weighted by molar-refractivity contribution is 7.71. The Morgan fingerprint density at radius 3 is 3.00 bits per heavy atom. The topological polar surface area (TPSA) is 55.0 Å². The fourth-order valence-electron chi connectivity index (χ4n) is 1.56. The standard InChI is InChI=1S/C11H10N2O2S2/c1-6-5-17-10(11(14)15-2)9(6)7-3-8(16)13-12-4-7/h3-5H,1-2H3,(H,13,16). The number of thiophene rings is 1. The summed E-state index contributed by atoms with van der Waals surface area (Å²) in [5.74, 6) is -0.336. The summed E-state index contributed by atoms with van der Waals surface area (Å²) < 4.78 is 5.29. The minimum absolute atomic E-state index is 0.336. The van der Waals surface area contributed by atoms with Crippen molar-refractivity contribution < 1.29 is 9.53 Å². The molecule has 0 aromatic carbocycles. The van der Waals surface area contributed by atoms with Gasteiger partial charge < -0.3 is 4.74 Å². The van der Waals surface area contributed by atoms with Crippen LogP contribution in [0.15, 0.2) is 17.6 Å². The number of esters is 1. The van der Waals surface area contributed by atoms with Gasteiger partial charge in [0.2, 0.25) is 0 Å². The molecule has 0 bridgehead atoms. The molecule has 0 saturated heterocycles. The van der Waals surface area contributed by atoms with Crippen molar-refractivity contribution in [3.8, 4) is 11.1 Å². The minimum Gasteiger partial charge on any atom is -0.465 e. The number of hydrogen-bond donors (Lipinski definition) is 1. The summed E-state index contributed by atoms with van der Waals surface area (Å²) in [6.45, 7) is 1.94. The third-order valence-electron chi connectivity index (χ3n) is 2.30. The van der Waals surface area contributed by atoms with E-state index in [1.165, 1.54) is 18.4 Å². The number of methoxy groups -OCH3 is 1. The van der Waals surface area contributed by atoms with Crippen LogP contribution in [0.25, 0.3) is 11.1 Å². The number of aryl methyl sites for hydroxylation is 1. The molecule has 1 N–H and O–H groups in total. The molecule has 0 fully saturated rings. The predicted molar refractivity (Wildman–Crippen MR) is 68.8 cm³/mol. The number of nitrogens with zero attached hydrogens (tertiary/aromatic N) is 1. The van der Waals surface area contributed by atoms with Gasteiger partial charge in [0.25, 0.3) is 0 Å². The maximum atomic E-state index is 11.6. The molecule has 88 valence electrons. The fraction of sp³-hybridized carbons (Fsp3) is 0.182. The Kier molecular flexibility index (Phi) is 3.35. The van der Waals surface area contributed by atoms with Gasteiger partial charge in [0, 0.05) is 11.1 Å². The number of hydrogen-bond acceptors (Lipinski definition) is 5. The number of carbonyl (C=O) groups excluding carboxylic acids is 1. The molecule has 2 aromatic heterocycles. The summed E-state index contributed by atoms with van der Waals surface area (Å²) >= 11 is 6.39. The van der Waals surface area contributed by atoms with Crippen LogP contribution in [-0.4, -0.2) is 23.3 Å². The Bertz CT molecular complexity index is 616. The molecular formula is C11H10N2O2S2. The monoisotopic (exact) mass is 266 g/mol. The lowest BCUT2D eigenvalue weighted by atomic mass is 10.1. The van der Waals surface area contributed by atoms with Crippen LogP contribution in [0.5, 0.6) is 0 Å². The molecular weight excluding hydrogens is 256 g/mol. The quantitative estimate of drug-likeness (QED) is 0.670. The summed E-state index contributed by atoms with van der Waals surface area (Å²) in [5, 5.41) is 8.52. The SMILES string of the molecule is COC(=O)c1scc(C)c1-c1cn[nH]c(=S)c1. The third kappa shape index (κ3) is 2.27. The van der Waals surface area contributed by atoms with Gasteiger partial charge in [0.1, 0.15) is 9.52 Å². The van der Waals surface area contributed by atoms with E-state index in [0.717, 1.165) is 16.7 Å². The normalized spacial score (nSPS) is 10.2. The molecule has 0 unspecified atom stereocenters. The van der Waals surface area contributed by atoms with E-state index in [1.54, 1.807) is 12.3 Å². The number of ether oxygens (including phenoxy) is 1. The molecule has 17 heavy (non-hydrogen) atoms. The highest BCUT2D eigenvalue weighted by Gasteiger charge is 2.18. The third-order valence-corrected chi connectivity index (χ3v) is 3.59. The number of rotatable bonds is 2. The molecule has 0 saturated carbocycles. The van der Waals surface area contributed by atoms with Crippen LogP contribution < -0.4 is 0 Å². The van der Waals surface area contributed by atoms with Crippen molar-refractivity contribution in [2.75, 3.05) is 7.11 Å². The summed E-state index contributed by atoms with van der Waals surface area (Å²) in [5.41, 5.74) is 2.68. The van der Waals surface area contributed by atoms with Crippen LogP contribution in [0.2, 0.25) is 0 Å². The van der Waals surface area contributed by atoms with E-state index < -0.39 is 0 Å². The Morgan fingerprint density at radius 2 is 2.35 bits per heavy atom. The number of aromatic nitrogens is 2. The fourth-order valence-corrected chi connectivity index (χ4v) is 2.73. The van der Waals surface area contributed by atoms with E-state index in [4.69, 9.17) is 17.0 Å². The van der Waals surface area contributed by atoms with Gasteiger partial charge in [-0.15, -0.1) is 11.3 Å². The smallest absolute Gasteiger partial charge is 0.348 e. The summed E-state index contributed by atoms with van der Waals surface area (Å²) in [4.78, 5) is 12.2. The maximum absolute atomic E-state index is 11.6. The van der Waals surface area contributed by atoms with Crippen LogP contribution in [0.3, 0.4) is 0 Å². The van der Waals surface area contributed by atoms with Gasteiger partial charge in [-0.05, 0) is 23.9 Å². The molecule has 0 aliphatic carbocycles. The van der Waals surface area contributed by atoms with E-state index in [-0.39, 0.29) is 5.97 Å². The molecule has 4 nitrogen and oxygen atoms in total. The molecule has 0 radical (unpaired) electrons. The molecule has 0 spiro atoms. The molecule has 0 aliphatic rings. The highest BCUT2D eigenvalue weighted by atomic mass is 32.1.